The molecule has 0 amide bonds. The molecule has 5 heteroatoms. The molecular formula is C15H23BrIN3. The Labute approximate surface area is 147 Å². The number of rotatable bonds is 5. The van der Waals surface area contributed by atoms with Crippen molar-refractivity contribution in [2.24, 2.45) is 10.9 Å². The molecule has 1 atom stereocenters. The molecule has 0 aromatic heterocycles. The summed E-state index contributed by atoms with van der Waals surface area (Å²) < 4.78 is 1.16. The van der Waals surface area contributed by atoms with E-state index in [4.69, 9.17) is 0 Å². The van der Waals surface area contributed by atoms with Crippen molar-refractivity contribution in [1.29, 1.82) is 0 Å². The number of guanidine groups is 1. The Morgan fingerprint density at radius 2 is 2.30 bits per heavy atom. The van der Waals surface area contributed by atoms with Gasteiger partial charge in [0.15, 0.2) is 5.96 Å². The van der Waals surface area contributed by atoms with Crippen LogP contribution in [0.1, 0.15) is 25.3 Å². The standard InChI is InChI=1S/C15H22BrN3.HI/c1-2-12(9-13-5-3-6-14(16)10-13)11-19-15-17-7-4-8-18-15;/h3,5-6,10,12H,2,4,7-9,11H2,1H3,(H2,17,18,19);1H. The van der Waals surface area contributed by atoms with Gasteiger partial charge in [0, 0.05) is 24.1 Å². The first-order valence-corrected chi connectivity index (χ1v) is 7.84. The molecule has 0 saturated heterocycles. The molecule has 0 saturated carbocycles. The highest BCUT2D eigenvalue weighted by Gasteiger charge is 2.10. The molecule has 112 valence electrons. The van der Waals surface area contributed by atoms with E-state index in [0.717, 1.165) is 42.9 Å². The van der Waals surface area contributed by atoms with Crippen LogP contribution >= 0.6 is 39.9 Å². The second-order valence-corrected chi connectivity index (χ2v) is 5.92. The molecule has 2 N–H and O–H groups in total. The van der Waals surface area contributed by atoms with Crippen LogP contribution in [0.2, 0.25) is 0 Å². The van der Waals surface area contributed by atoms with Crippen LogP contribution in [0.5, 0.6) is 0 Å². The third-order valence-corrected chi connectivity index (χ3v) is 3.94. The Morgan fingerprint density at radius 1 is 1.45 bits per heavy atom. The van der Waals surface area contributed by atoms with Crippen LogP contribution < -0.4 is 10.6 Å². The molecule has 2 rings (SSSR count). The van der Waals surface area contributed by atoms with Crippen molar-refractivity contribution in [3.8, 4) is 0 Å². The van der Waals surface area contributed by atoms with Gasteiger partial charge in [-0.3, -0.25) is 4.99 Å². The SMILES string of the molecule is CCC(CNC1=NCCCN1)Cc1cccc(Br)c1.I. The van der Waals surface area contributed by atoms with Gasteiger partial charge in [-0.15, -0.1) is 24.0 Å². The fourth-order valence-electron chi connectivity index (χ4n) is 2.25. The van der Waals surface area contributed by atoms with Crippen molar-refractivity contribution < 1.29 is 0 Å². The number of nitrogens with one attached hydrogen (secondary N) is 2. The second-order valence-electron chi connectivity index (χ2n) is 5.00. The maximum atomic E-state index is 4.44. The third-order valence-electron chi connectivity index (χ3n) is 3.45. The Bertz CT molecular complexity index is 437. The van der Waals surface area contributed by atoms with Crippen molar-refractivity contribution in [3.05, 3.63) is 34.3 Å². The van der Waals surface area contributed by atoms with Gasteiger partial charge >= 0.3 is 0 Å². The molecule has 0 radical (unpaired) electrons. The lowest BCUT2D eigenvalue weighted by molar-refractivity contribution is 0.491. The molecule has 0 aliphatic carbocycles. The minimum absolute atomic E-state index is 0. The summed E-state index contributed by atoms with van der Waals surface area (Å²) in [5, 5.41) is 6.74. The number of hydrogen-bond donors (Lipinski definition) is 2. The average molecular weight is 452 g/mol. The molecule has 1 aliphatic rings. The largest absolute Gasteiger partial charge is 0.356 e. The highest BCUT2D eigenvalue weighted by molar-refractivity contribution is 14.0. The summed E-state index contributed by atoms with van der Waals surface area (Å²) in [6, 6.07) is 8.58. The molecule has 1 unspecified atom stereocenters. The molecule has 1 heterocycles. The summed E-state index contributed by atoms with van der Waals surface area (Å²) in [5.74, 6) is 1.61. The zero-order chi connectivity index (χ0) is 13.5. The first kappa shape index (κ1) is 17.8. The molecule has 20 heavy (non-hydrogen) atoms. The van der Waals surface area contributed by atoms with Gasteiger partial charge in [0.05, 0.1) is 0 Å². The lowest BCUT2D eigenvalue weighted by atomic mass is 9.97. The summed E-state index contributed by atoms with van der Waals surface area (Å²) in [7, 11) is 0. The Kier molecular flexibility index (Phi) is 8.52. The summed E-state index contributed by atoms with van der Waals surface area (Å²) >= 11 is 3.53. The van der Waals surface area contributed by atoms with Crippen LogP contribution in [0, 0.1) is 5.92 Å². The van der Waals surface area contributed by atoms with E-state index in [9.17, 15) is 0 Å². The van der Waals surface area contributed by atoms with Crippen LogP contribution in [0.25, 0.3) is 0 Å². The third kappa shape index (κ3) is 5.99. The minimum atomic E-state index is 0. The number of aliphatic imine (C=N–C) groups is 1. The fourth-order valence-corrected chi connectivity index (χ4v) is 2.70. The highest BCUT2D eigenvalue weighted by Crippen LogP contribution is 2.16. The summed E-state index contributed by atoms with van der Waals surface area (Å²) in [4.78, 5) is 4.44. The van der Waals surface area contributed by atoms with E-state index < -0.39 is 0 Å². The van der Waals surface area contributed by atoms with Crippen LogP contribution in [-0.4, -0.2) is 25.6 Å². The van der Waals surface area contributed by atoms with E-state index in [1.54, 1.807) is 0 Å². The number of nitrogens with zero attached hydrogens (tertiary/aromatic N) is 1. The van der Waals surface area contributed by atoms with Crippen LogP contribution in [-0.2, 0) is 6.42 Å². The quantitative estimate of drug-likeness (QED) is 0.671. The van der Waals surface area contributed by atoms with E-state index in [-0.39, 0.29) is 24.0 Å². The predicted molar refractivity (Wildman–Crippen MR) is 100.0 cm³/mol. The second kappa shape index (κ2) is 9.60. The van der Waals surface area contributed by atoms with E-state index >= 15 is 0 Å². The monoisotopic (exact) mass is 451 g/mol. The number of benzene rings is 1. The first-order chi connectivity index (χ1) is 9.28. The zero-order valence-electron chi connectivity index (χ0n) is 11.9. The lowest BCUT2D eigenvalue weighted by Crippen LogP contribution is -2.42. The fraction of sp³-hybridized carbons (Fsp3) is 0.533. The van der Waals surface area contributed by atoms with E-state index in [0.29, 0.717) is 5.92 Å². The van der Waals surface area contributed by atoms with Gasteiger partial charge in [-0.25, -0.2) is 0 Å². The van der Waals surface area contributed by atoms with Crippen molar-refractivity contribution in [2.45, 2.75) is 26.2 Å². The van der Waals surface area contributed by atoms with Crippen LogP contribution in [0.3, 0.4) is 0 Å². The molecule has 0 spiro atoms. The van der Waals surface area contributed by atoms with Gasteiger partial charge < -0.3 is 10.6 Å². The maximum Gasteiger partial charge on any atom is 0.191 e. The zero-order valence-corrected chi connectivity index (χ0v) is 15.8. The average Bonchev–Trinajstić information content (AvgIpc) is 2.44. The van der Waals surface area contributed by atoms with E-state index in [1.165, 1.54) is 12.0 Å². The predicted octanol–water partition coefficient (Wildman–Crippen LogP) is 3.57. The van der Waals surface area contributed by atoms with Crippen molar-refractivity contribution in [3.63, 3.8) is 0 Å². The van der Waals surface area contributed by atoms with Gasteiger partial charge in [-0.1, -0.05) is 41.4 Å². The lowest BCUT2D eigenvalue weighted by Gasteiger charge is -2.20. The molecule has 3 nitrogen and oxygen atoms in total. The molecule has 0 fully saturated rings. The normalized spacial score (nSPS) is 15.6. The molecule has 1 aromatic rings. The topological polar surface area (TPSA) is 36.4 Å². The number of hydrogen-bond acceptors (Lipinski definition) is 3. The summed E-state index contributed by atoms with van der Waals surface area (Å²) in [6.45, 7) is 5.21. The van der Waals surface area contributed by atoms with Crippen molar-refractivity contribution >= 4 is 45.9 Å². The van der Waals surface area contributed by atoms with Crippen molar-refractivity contribution in [2.75, 3.05) is 19.6 Å². The van der Waals surface area contributed by atoms with Gasteiger partial charge in [-0.05, 0) is 36.5 Å². The van der Waals surface area contributed by atoms with Gasteiger partial charge in [-0.2, -0.15) is 0 Å². The molecule has 0 bridgehead atoms. The first-order valence-electron chi connectivity index (χ1n) is 7.04. The maximum absolute atomic E-state index is 4.44. The summed E-state index contributed by atoms with van der Waals surface area (Å²) in [5.41, 5.74) is 1.39. The molecule has 1 aliphatic heterocycles. The summed E-state index contributed by atoms with van der Waals surface area (Å²) in [6.07, 6.45) is 3.42. The Morgan fingerprint density at radius 3 is 2.95 bits per heavy atom. The molecule has 1 aromatic carbocycles. The Balaban J connectivity index is 0.00000200. The van der Waals surface area contributed by atoms with Gasteiger partial charge in [0.25, 0.3) is 0 Å². The highest BCUT2D eigenvalue weighted by atomic mass is 127. The van der Waals surface area contributed by atoms with Crippen LogP contribution in [0.15, 0.2) is 33.7 Å². The van der Waals surface area contributed by atoms with E-state index in [1.807, 2.05) is 0 Å². The van der Waals surface area contributed by atoms with E-state index in [2.05, 4.69) is 62.7 Å². The smallest absolute Gasteiger partial charge is 0.191 e. The molecular weight excluding hydrogens is 429 g/mol. The minimum Gasteiger partial charge on any atom is -0.356 e. The van der Waals surface area contributed by atoms with Gasteiger partial charge in [0.1, 0.15) is 0 Å². The number of halogens is 2. The van der Waals surface area contributed by atoms with Crippen LogP contribution in [0.4, 0.5) is 0 Å². The Hall–Kier alpha value is -0.300. The van der Waals surface area contributed by atoms with Crippen molar-refractivity contribution in [1.82, 2.24) is 10.6 Å². The van der Waals surface area contributed by atoms with Gasteiger partial charge in [0.2, 0.25) is 0 Å².